The zero-order chi connectivity index (χ0) is 14.1. The van der Waals surface area contributed by atoms with E-state index in [1.807, 2.05) is 0 Å². The van der Waals surface area contributed by atoms with Gasteiger partial charge in [-0.05, 0) is 23.8 Å². The summed E-state index contributed by atoms with van der Waals surface area (Å²) >= 11 is 0. The largest absolute Gasteiger partial charge is 0.486 e. The van der Waals surface area contributed by atoms with Crippen molar-refractivity contribution in [2.24, 2.45) is 0 Å². The number of hydrogen-bond donors (Lipinski definition) is 1. The van der Waals surface area contributed by atoms with Gasteiger partial charge in [0.25, 0.3) is 0 Å². The Balaban J connectivity index is 2.95. The van der Waals surface area contributed by atoms with Gasteiger partial charge < -0.3 is 14.6 Å². The summed E-state index contributed by atoms with van der Waals surface area (Å²) in [5.41, 5.74) is 0.715. The third-order valence-electron chi connectivity index (χ3n) is 2.10. The summed E-state index contributed by atoms with van der Waals surface area (Å²) in [4.78, 5) is 10.5. The molecule has 4 nitrogen and oxygen atoms in total. The van der Waals surface area contributed by atoms with E-state index in [4.69, 9.17) is 14.6 Å². The van der Waals surface area contributed by atoms with Crippen LogP contribution in [0.15, 0.2) is 49.6 Å². The highest BCUT2D eigenvalue weighted by Crippen LogP contribution is 2.29. The Hall–Kier alpha value is -2.49. The Bertz CT molecular complexity index is 489. The predicted octanol–water partition coefficient (Wildman–Crippen LogP) is 2.91. The molecule has 0 saturated carbocycles. The summed E-state index contributed by atoms with van der Waals surface area (Å²) in [5.74, 6) is 0.115. The first-order valence-electron chi connectivity index (χ1n) is 5.70. The predicted molar refractivity (Wildman–Crippen MR) is 74.5 cm³/mol. The van der Waals surface area contributed by atoms with Crippen LogP contribution in [0.2, 0.25) is 0 Å². The van der Waals surface area contributed by atoms with Crippen molar-refractivity contribution in [3.05, 3.63) is 55.1 Å². The summed E-state index contributed by atoms with van der Waals surface area (Å²) < 4.78 is 10.9. The fourth-order valence-corrected chi connectivity index (χ4v) is 1.33. The fourth-order valence-electron chi connectivity index (χ4n) is 1.33. The molecule has 1 aromatic carbocycles. The molecule has 4 heteroatoms. The Morgan fingerprint density at radius 1 is 1.16 bits per heavy atom. The van der Waals surface area contributed by atoms with E-state index in [-0.39, 0.29) is 0 Å². The molecule has 0 unspecified atom stereocenters. The van der Waals surface area contributed by atoms with Crippen LogP contribution >= 0.6 is 0 Å². The second kappa shape index (κ2) is 7.76. The van der Waals surface area contributed by atoms with Crippen LogP contribution < -0.4 is 9.47 Å². The molecule has 0 heterocycles. The summed E-state index contributed by atoms with van der Waals surface area (Å²) in [6.07, 6.45) is 5.81. The highest BCUT2D eigenvalue weighted by atomic mass is 16.5. The lowest BCUT2D eigenvalue weighted by Crippen LogP contribution is -1.99. The van der Waals surface area contributed by atoms with Gasteiger partial charge in [0.2, 0.25) is 0 Å². The van der Waals surface area contributed by atoms with Crippen LogP contribution in [0.3, 0.4) is 0 Å². The molecule has 0 saturated heterocycles. The topological polar surface area (TPSA) is 55.8 Å². The van der Waals surface area contributed by atoms with Gasteiger partial charge in [-0.1, -0.05) is 31.4 Å². The highest BCUT2D eigenvalue weighted by molar-refractivity contribution is 5.85. The molecule has 100 valence electrons. The number of carboxylic acids is 1. The summed E-state index contributed by atoms with van der Waals surface area (Å²) in [6, 6.07) is 5.18. The van der Waals surface area contributed by atoms with Gasteiger partial charge in [-0.15, -0.1) is 0 Å². The minimum absolute atomic E-state index is 0.344. The minimum atomic E-state index is -0.999. The van der Waals surface area contributed by atoms with Crippen LogP contribution in [-0.4, -0.2) is 24.3 Å². The van der Waals surface area contributed by atoms with E-state index >= 15 is 0 Å². The molecule has 1 aromatic rings. The van der Waals surface area contributed by atoms with Crippen LogP contribution in [-0.2, 0) is 4.79 Å². The van der Waals surface area contributed by atoms with E-state index in [2.05, 4.69) is 13.2 Å². The molecule has 0 radical (unpaired) electrons. The Kier molecular flexibility index (Phi) is 5.95. The van der Waals surface area contributed by atoms with E-state index in [0.717, 1.165) is 6.08 Å². The second-order valence-corrected chi connectivity index (χ2v) is 3.58. The summed E-state index contributed by atoms with van der Waals surface area (Å²) in [6.45, 7) is 7.86. The van der Waals surface area contributed by atoms with Crippen LogP contribution in [0.4, 0.5) is 0 Å². The molecule has 0 fully saturated rings. The van der Waals surface area contributed by atoms with Crippen molar-refractivity contribution in [3.8, 4) is 11.5 Å². The fraction of sp³-hybridized carbons (Fsp3) is 0.133. The molecule has 0 aromatic heterocycles. The maximum Gasteiger partial charge on any atom is 0.328 e. The van der Waals surface area contributed by atoms with Crippen molar-refractivity contribution in [3.63, 3.8) is 0 Å². The van der Waals surface area contributed by atoms with Crippen molar-refractivity contribution in [2.45, 2.75) is 0 Å². The standard InChI is InChI=1S/C15H16O4/c1-3-9-18-13-7-5-12(6-8-15(16)17)11-14(13)19-10-4-2/h3-8,11H,1-2,9-10H2,(H,16,17). The smallest absolute Gasteiger partial charge is 0.328 e. The number of rotatable bonds is 8. The van der Waals surface area contributed by atoms with Gasteiger partial charge in [-0.25, -0.2) is 4.79 Å². The number of carboxylic acid groups (broad SMARTS) is 1. The molecule has 19 heavy (non-hydrogen) atoms. The van der Waals surface area contributed by atoms with Gasteiger partial charge in [0.1, 0.15) is 13.2 Å². The van der Waals surface area contributed by atoms with Crippen molar-refractivity contribution < 1.29 is 19.4 Å². The molecule has 1 rings (SSSR count). The maximum absolute atomic E-state index is 10.5. The minimum Gasteiger partial charge on any atom is -0.486 e. The van der Waals surface area contributed by atoms with Crippen molar-refractivity contribution in [1.82, 2.24) is 0 Å². The van der Waals surface area contributed by atoms with Gasteiger partial charge >= 0.3 is 5.97 Å². The van der Waals surface area contributed by atoms with E-state index < -0.39 is 5.97 Å². The Morgan fingerprint density at radius 3 is 2.37 bits per heavy atom. The SMILES string of the molecule is C=CCOc1ccc(C=CC(=O)O)cc1OCC=C. The molecule has 0 aliphatic carbocycles. The first kappa shape index (κ1) is 14.6. The maximum atomic E-state index is 10.5. The van der Waals surface area contributed by atoms with E-state index in [1.54, 1.807) is 30.4 Å². The first-order valence-corrected chi connectivity index (χ1v) is 5.70. The molecule has 0 aliphatic heterocycles. The molecule has 1 N–H and O–H groups in total. The number of ether oxygens (including phenoxy) is 2. The van der Waals surface area contributed by atoms with Crippen LogP contribution in [0.1, 0.15) is 5.56 Å². The number of benzene rings is 1. The van der Waals surface area contributed by atoms with Gasteiger partial charge in [0.15, 0.2) is 11.5 Å². The second-order valence-electron chi connectivity index (χ2n) is 3.58. The van der Waals surface area contributed by atoms with Crippen molar-refractivity contribution in [2.75, 3.05) is 13.2 Å². The first-order chi connectivity index (χ1) is 9.17. The average molecular weight is 260 g/mol. The molecular weight excluding hydrogens is 244 g/mol. The van der Waals surface area contributed by atoms with Crippen molar-refractivity contribution in [1.29, 1.82) is 0 Å². The lowest BCUT2D eigenvalue weighted by Gasteiger charge is -2.11. The molecule has 0 atom stereocenters. The monoisotopic (exact) mass is 260 g/mol. The van der Waals surface area contributed by atoms with E-state index in [1.165, 1.54) is 6.08 Å². The van der Waals surface area contributed by atoms with Gasteiger partial charge in [-0.2, -0.15) is 0 Å². The third kappa shape index (κ3) is 5.12. The van der Waals surface area contributed by atoms with Crippen LogP contribution in [0.25, 0.3) is 6.08 Å². The number of carbonyl (C=O) groups is 1. The van der Waals surface area contributed by atoms with Crippen molar-refractivity contribution >= 4 is 12.0 Å². The summed E-state index contributed by atoms with van der Waals surface area (Å²) in [7, 11) is 0. The highest BCUT2D eigenvalue weighted by Gasteiger charge is 2.05. The summed E-state index contributed by atoms with van der Waals surface area (Å²) in [5, 5.41) is 8.59. The number of aliphatic carboxylic acids is 1. The Labute approximate surface area is 112 Å². The Morgan fingerprint density at radius 2 is 1.79 bits per heavy atom. The van der Waals surface area contributed by atoms with Crippen LogP contribution in [0.5, 0.6) is 11.5 Å². The lowest BCUT2D eigenvalue weighted by atomic mass is 10.2. The number of hydrogen-bond acceptors (Lipinski definition) is 3. The molecule has 0 aliphatic rings. The normalized spacial score (nSPS) is 10.1. The molecule has 0 bridgehead atoms. The van der Waals surface area contributed by atoms with Crippen LogP contribution in [0, 0.1) is 0 Å². The van der Waals surface area contributed by atoms with E-state index in [0.29, 0.717) is 30.3 Å². The van der Waals surface area contributed by atoms with Gasteiger partial charge in [0, 0.05) is 6.08 Å². The quantitative estimate of drug-likeness (QED) is 0.576. The molecule has 0 spiro atoms. The average Bonchev–Trinajstić information content (AvgIpc) is 2.41. The zero-order valence-corrected chi connectivity index (χ0v) is 10.5. The third-order valence-corrected chi connectivity index (χ3v) is 2.10. The van der Waals surface area contributed by atoms with Gasteiger partial charge in [0.05, 0.1) is 0 Å². The van der Waals surface area contributed by atoms with Gasteiger partial charge in [-0.3, -0.25) is 0 Å². The lowest BCUT2D eigenvalue weighted by molar-refractivity contribution is -0.131. The zero-order valence-electron chi connectivity index (χ0n) is 10.5. The van der Waals surface area contributed by atoms with E-state index in [9.17, 15) is 4.79 Å². The molecule has 0 amide bonds. The molecular formula is C15H16O4.